The second-order valence-corrected chi connectivity index (χ2v) is 3.37. The van der Waals surface area contributed by atoms with Crippen LogP contribution in [0.25, 0.3) is 10.9 Å². The highest BCUT2D eigenvalue weighted by Crippen LogP contribution is 2.26. The van der Waals surface area contributed by atoms with E-state index in [9.17, 15) is 9.70 Å². The quantitative estimate of drug-likeness (QED) is 0.818. The highest BCUT2D eigenvalue weighted by Gasteiger charge is 2.16. The predicted octanol–water partition coefficient (Wildman–Crippen LogP) is 1.51. The second kappa shape index (κ2) is 4.25. The van der Waals surface area contributed by atoms with Gasteiger partial charge in [-0.15, -0.1) is 0 Å². The van der Waals surface area contributed by atoms with Gasteiger partial charge in [0.25, 0.3) is 10.5 Å². The highest BCUT2D eigenvalue weighted by atomic mass is 16.8. The second-order valence-electron chi connectivity index (χ2n) is 3.37. The summed E-state index contributed by atoms with van der Waals surface area (Å²) in [5.74, 6) is 0.412. The molecular formula is C11H11N2O4+. The van der Waals surface area contributed by atoms with E-state index in [4.69, 9.17) is 4.74 Å². The summed E-state index contributed by atoms with van der Waals surface area (Å²) in [6.45, 7) is 0. The van der Waals surface area contributed by atoms with Crippen molar-refractivity contribution in [3.8, 4) is 5.75 Å². The number of ether oxygens (including phenoxy) is 1. The third kappa shape index (κ3) is 1.96. The van der Waals surface area contributed by atoms with Crippen molar-refractivity contribution in [2.45, 2.75) is 0 Å². The summed E-state index contributed by atoms with van der Waals surface area (Å²) < 4.78 is 5.10. The van der Waals surface area contributed by atoms with Crippen molar-refractivity contribution in [3.63, 3.8) is 0 Å². The van der Waals surface area contributed by atoms with E-state index in [1.54, 1.807) is 18.2 Å². The van der Waals surface area contributed by atoms with E-state index in [0.717, 1.165) is 0 Å². The zero-order valence-corrected chi connectivity index (χ0v) is 9.39. The Morgan fingerprint density at radius 1 is 1.24 bits per heavy atom. The number of methoxy groups -OCH3 is 1. The van der Waals surface area contributed by atoms with Crippen molar-refractivity contribution in [2.24, 2.45) is 0 Å². The fourth-order valence-corrected chi connectivity index (χ4v) is 1.60. The predicted molar refractivity (Wildman–Crippen MR) is 61.4 cm³/mol. The van der Waals surface area contributed by atoms with Crippen LogP contribution in [0, 0.1) is 4.91 Å². The van der Waals surface area contributed by atoms with Gasteiger partial charge in [0.2, 0.25) is 0 Å². The van der Waals surface area contributed by atoms with Crippen LogP contribution in [0.5, 0.6) is 5.75 Å². The van der Waals surface area contributed by atoms with E-state index in [1.807, 2.05) is 0 Å². The van der Waals surface area contributed by atoms with Crippen LogP contribution < -0.4 is 10.3 Å². The largest absolute Gasteiger partial charge is 0.496 e. The highest BCUT2D eigenvalue weighted by molar-refractivity contribution is 5.86. The number of rotatable bonds is 3. The number of pyridine rings is 1. The maximum Gasteiger partial charge on any atom is 0.317 e. The van der Waals surface area contributed by atoms with Gasteiger partial charge in [-0.25, -0.2) is 4.84 Å². The Kier molecular flexibility index (Phi) is 2.78. The number of benzene rings is 1. The molecule has 0 amide bonds. The number of hydrogen-bond donors (Lipinski definition) is 1. The first-order chi connectivity index (χ1) is 8.15. The number of nitrogens with zero attached hydrogens (tertiary/aromatic N) is 1. The van der Waals surface area contributed by atoms with Crippen molar-refractivity contribution in [3.05, 3.63) is 39.5 Å². The maximum atomic E-state index is 11.3. The van der Waals surface area contributed by atoms with Crippen LogP contribution in [-0.4, -0.2) is 24.1 Å². The van der Waals surface area contributed by atoms with E-state index in [2.05, 4.69) is 9.82 Å². The molecule has 0 saturated carbocycles. The van der Waals surface area contributed by atoms with Gasteiger partial charge in [0, 0.05) is 23.6 Å². The molecule has 0 aliphatic carbocycles. The Balaban J connectivity index is 2.71. The summed E-state index contributed by atoms with van der Waals surface area (Å²) in [5.41, 5.74) is 0.667. The fourth-order valence-electron chi connectivity index (χ4n) is 1.60. The third-order valence-electron chi connectivity index (χ3n) is 2.39. The molecule has 0 aliphatic heterocycles. The molecule has 2 rings (SSSR count). The van der Waals surface area contributed by atoms with Gasteiger partial charge in [-0.05, 0) is 6.07 Å². The van der Waals surface area contributed by atoms with E-state index in [-0.39, 0.29) is 5.56 Å². The molecule has 1 aromatic heterocycles. The average molecular weight is 235 g/mol. The van der Waals surface area contributed by atoms with Crippen LogP contribution in [-0.2, 0) is 4.84 Å². The smallest absolute Gasteiger partial charge is 0.317 e. The van der Waals surface area contributed by atoms with Crippen LogP contribution in [0.15, 0.2) is 29.1 Å². The monoisotopic (exact) mass is 235 g/mol. The Morgan fingerprint density at radius 3 is 2.65 bits per heavy atom. The molecule has 0 unspecified atom stereocenters. The minimum Gasteiger partial charge on any atom is -0.496 e. The molecule has 0 fully saturated rings. The van der Waals surface area contributed by atoms with Crippen LogP contribution in [0.3, 0.4) is 0 Å². The average Bonchev–Trinajstić information content (AvgIpc) is 2.36. The number of aromatic amines is 1. The van der Waals surface area contributed by atoms with Crippen LogP contribution in [0.1, 0.15) is 0 Å². The number of aromatic nitrogens is 1. The lowest BCUT2D eigenvalue weighted by Gasteiger charge is -2.03. The normalized spacial score (nSPS) is 10.2. The van der Waals surface area contributed by atoms with Gasteiger partial charge in [-0.1, -0.05) is 0 Å². The molecule has 1 aromatic carbocycles. The van der Waals surface area contributed by atoms with E-state index in [1.165, 1.54) is 20.3 Å². The molecule has 2 aromatic rings. The molecule has 17 heavy (non-hydrogen) atoms. The number of fused-ring (bicyclic) bond motifs is 1. The first-order valence-corrected chi connectivity index (χ1v) is 4.88. The molecule has 88 valence electrons. The first-order valence-electron chi connectivity index (χ1n) is 4.88. The zero-order valence-electron chi connectivity index (χ0n) is 9.39. The van der Waals surface area contributed by atoms with Crippen LogP contribution in [0.2, 0.25) is 0 Å². The molecule has 0 saturated heterocycles. The van der Waals surface area contributed by atoms with Crippen LogP contribution in [0.4, 0.5) is 5.69 Å². The van der Waals surface area contributed by atoms with Gasteiger partial charge < -0.3 is 9.72 Å². The topological polar surface area (TPSA) is 71.4 Å². The minimum absolute atomic E-state index is 0.257. The van der Waals surface area contributed by atoms with E-state index in [0.29, 0.717) is 27.3 Å². The summed E-state index contributed by atoms with van der Waals surface area (Å²) in [6, 6.07) is 6.08. The van der Waals surface area contributed by atoms with Crippen LogP contribution >= 0.6 is 0 Å². The Morgan fingerprint density at radius 2 is 2.00 bits per heavy atom. The summed E-state index contributed by atoms with van der Waals surface area (Å²) >= 11 is 0. The number of nitrogens with one attached hydrogen (secondary N) is 1. The van der Waals surface area contributed by atoms with Gasteiger partial charge in [0.15, 0.2) is 7.11 Å². The molecule has 0 aliphatic rings. The Hall–Kier alpha value is -2.37. The summed E-state index contributed by atoms with van der Waals surface area (Å²) in [6.07, 6.45) is 0. The molecule has 0 spiro atoms. The third-order valence-corrected chi connectivity index (χ3v) is 2.39. The number of hydrogen-bond acceptors (Lipinski definition) is 4. The van der Waals surface area contributed by atoms with Crippen molar-refractivity contribution in [1.29, 1.82) is 0 Å². The summed E-state index contributed by atoms with van der Waals surface area (Å²) in [5, 5.41) is 0.641. The van der Waals surface area contributed by atoms with Crippen molar-refractivity contribution in [2.75, 3.05) is 14.2 Å². The number of H-pyrrole nitrogens is 1. The van der Waals surface area contributed by atoms with Crippen molar-refractivity contribution >= 4 is 16.6 Å². The first kappa shape index (κ1) is 11.1. The van der Waals surface area contributed by atoms with Gasteiger partial charge >= 0.3 is 5.69 Å². The van der Waals surface area contributed by atoms with E-state index < -0.39 is 0 Å². The van der Waals surface area contributed by atoms with Gasteiger partial charge in [-0.2, -0.15) is 0 Å². The molecular weight excluding hydrogens is 224 g/mol. The Bertz CT molecular complexity index is 633. The van der Waals surface area contributed by atoms with E-state index >= 15 is 0 Å². The lowest BCUT2D eigenvalue weighted by atomic mass is 10.2. The molecule has 0 bridgehead atoms. The lowest BCUT2D eigenvalue weighted by Crippen LogP contribution is -2.05. The maximum absolute atomic E-state index is 11.3. The fraction of sp³-hybridized carbons (Fsp3) is 0.182. The molecule has 6 nitrogen and oxygen atoms in total. The van der Waals surface area contributed by atoms with Crippen molar-refractivity contribution < 1.29 is 14.5 Å². The molecule has 0 radical (unpaired) electrons. The van der Waals surface area contributed by atoms with Gasteiger partial charge in [0.05, 0.1) is 17.5 Å². The zero-order chi connectivity index (χ0) is 12.4. The van der Waals surface area contributed by atoms with Gasteiger partial charge in [-0.3, -0.25) is 4.79 Å². The SMILES string of the molecule is COc1cc(=O)[nH]c2ccc([N+](=O)OC)cc12. The molecule has 6 heteroatoms. The Labute approximate surface area is 96.3 Å². The van der Waals surface area contributed by atoms with Crippen molar-refractivity contribution in [1.82, 2.24) is 4.98 Å². The molecule has 1 N–H and O–H groups in total. The summed E-state index contributed by atoms with van der Waals surface area (Å²) in [4.78, 5) is 30.2. The lowest BCUT2D eigenvalue weighted by molar-refractivity contribution is -0.736. The molecule has 1 heterocycles. The standard InChI is InChI=1S/C11H10N2O4/c1-16-10-6-11(14)12-9-4-3-7(5-8(9)10)13(15)17-2/h3-6H,1-2H3/p+1. The summed E-state index contributed by atoms with van der Waals surface area (Å²) in [7, 11) is 2.74. The molecule has 0 atom stereocenters. The minimum atomic E-state index is -0.257. The van der Waals surface area contributed by atoms with Gasteiger partial charge in [0.1, 0.15) is 5.75 Å².